The van der Waals surface area contributed by atoms with Crippen molar-refractivity contribution in [2.75, 3.05) is 26.7 Å². The SMILES string of the molecule is C/C=C/c1cnc2c(c1)C(=O)N([C@@H](C)CO)C[C@@H](C)[C@H](CN(C)C(=O)Cc1ccccn1)O2. The van der Waals surface area contributed by atoms with Gasteiger partial charge in [0.1, 0.15) is 11.7 Å². The van der Waals surface area contributed by atoms with E-state index in [1.807, 2.05) is 51.1 Å². The van der Waals surface area contributed by atoms with E-state index in [9.17, 15) is 14.7 Å². The van der Waals surface area contributed by atoms with E-state index in [1.54, 1.807) is 35.3 Å². The van der Waals surface area contributed by atoms with Crippen LogP contribution < -0.4 is 4.74 Å². The number of allylic oxidation sites excluding steroid dienone is 1. The number of hydrogen-bond acceptors (Lipinski definition) is 6. The van der Waals surface area contributed by atoms with Crippen molar-refractivity contribution in [2.45, 2.75) is 39.3 Å². The summed E-state index contributed by atoms with van der Waals surface area (Å²) in [5.74, 6) is -0.154. The molecule has 176 valence electrons. The Balaban J connectivity index is 1.87. The Labute approximate surface area is 194 Å². The average Bonchev–Trinajstić information content (AvgIpc) is 2.82. The zero-order valence-electron chi connectivity index (χ0n) is 19.6. The van der Waals surface area contributed by atoms with Crippen LogP contribution in [0.3, 0.4) is 0 Å². The molecule has 3 rings (SSSR count). The van der Waals surface area contributed by atoms with Crippen LogP contribution >= 0.6 is 0 Å². The molecule has 2 aromatic rings. The lowest BCUT2D eigenvalue weighted by Crippen LogP contribution is -2.50. The Morgan fingerprint density at radius 2 is 2.18 bits per heavy atom. The van der Waals surface area contributed by atoms with Crippen molar-refractivity contribution in [3.63, 3.8) is 0 Å². The second kappa shape index (κ2) is 11.0. The van der Waals surface area contributed by atoms with Gasteiger partial charge in [-0.15, -0.1) is 0 Å². The molecule has 1 aliphatic heterocycles. The molecular formula is C25H32N4O4. The largest absolute Gasteiger partial charge is 0.472 e. The predicted molar refractivity (Wildman–Crippen MR) is 126 cm³/mol. The number of ether oxygens (including phenoxy) is 1. The number of likely N-dealkylation sites (N-methyl/N-ethyl adjacent to an activating group) is 1. The van der Waals surface area contributed by atoms with E-state index < -0.39 is 0 Å². The molecule has 2 amide bonds. The van der Waals surface area contributed by atoms with Gasteiger partial charge in [-0.25, -0.2) is 4.98 Å². The molecule has 0 aliphatic carbocycles. The van der Waals surface area contributed by atoms with Crippen LogP contribution in [0.2, 0.25) is 0 Å². The van der Waals surface area contributed by atoms with Crippen LogP contribution in [0.25, 0.3) is 6.08 Å². The zero-order chi connectivity index (χ0) is 24.0. The van der Waals surface area contributed by atoms with Gasteiger partial charge in [-0.2, -0.15) is 0 Å². The maximum atomic E-state index is 13.3. The summed E-state index contributed by atoms with van der Waals surface area (Å²) >= 11 is 0. The van der Waals surface area contributed by atoms with Gasteiger partial charge in [0.05, 0.1) is 25.6 Å². The smallest absolute Gasteiger partial charge is 0.259 e. The van der Waals surface area contributed by atoms with Crippen molar-refractivity contribution in [3.8, 4) is 5.88 Å². The second-order valence-corrected chi connectivity index (χ2v) is 8.52. The molecule has 3 heterocycles. The molecule has 0 saturated heterocycles. The van der Waals surface area contributed by atoms with Gasteiger partial charge >= 0.3 is 0 Å². The van der Waals surface area contributed by atoms with Crippen molar-refractivity contribution in [2.24, 2.45) is 5.92 Å². The molecule has 1 aliphatic rings. The summed E-state index contributed by atoms with van der Waals surface area (Å²) in [6, 6.07) is 6.89. The summed E-state index contributed by atoms with van der Waals surface area (Å²) in [6.07, 6.45) is 6.88. The highest BCUT2D eigenvalue weighted by atomic mass is 16.5. The first-order valence-corrected chi connectivity index (χ1v) is 11.2. The maximum absolute atomic E-state index is 13.3. The number of carbonyl (C=O) groups excluding carboxylic acids is 2. The molecule has 0 aromatic carbocycles. The average molecular weight is 453 g/mol. The Hall–Kier alpha value is -3.26. The van der Waals surface area contributed by atoms with Crippen molar-refractivity contribution >= 4 is 17.9 Å². The molecule has 1 N–H and O–H groups in total. The van der Waals surface area contributed by atoms with Crippen LogP contribution in [-0.2, 0) is 11.2 Å². The van der Waals surface area contributed by atoms with Crippen LogP contribution in [0.15, 0.2) is 42.7 Å². The van der Waals surface area contributed by atoms with Gasteiger partial charge in [-0.1, -0.05) is 25.1 Å². The second-order valence-electron chi connectivity index (χ2n) is 8.52. The summed E-state index contributed by atoms with van der Waals surface area (Å²) in [5, 5.41) is 9.75. The molecule has 0 unspecified atom stereocenters. The summed E-state index contributed by atoms with van der Waals surface area (Å²) in [4.78, 5) is 38.1. The van der Waals surface area contributed by atoms with Crippen molar-refractivity contribution in [1.82, 2.24) is 19.8 Å². The highest BCUT2D eigenvalue weighted by molar-refractivity contribution is 5.97. The fourth-order valence-electron chi connectivity index (χ4n) is 3.78. The number of pyridine rings is 2. The van der Waals surface area contributed by atoms with Gasteiger partial charge in [-0.05, 0) is 37.6 Å². The predicted octanol–water partition coefficient (Wildman–Crippen LogP) is 2.43. The van der Waals surface area contributed by atoms with Crippen LogP contribution in [0, 0.1) is 5.92 Å². The standard InChI is InChI=1S/C25H32N4O4/c1-5-8-19-11-21-24(27-13-19)33-22(17(2)14-29(25(21)32)18(3)16-30)15-28(4)23(31)12-20-9-6-7-10-26-20/h5-11,13,17-18,22,30H,12,14-16H2,1-4H3/b8-5+/t17-,18+,22+/m1/s1. The fourth-order valence-corrected chi connectivity index (χ4v) is 3.78. The number of nitrogens with zero attached hydrogens (tertiary/aromatic N) is 4. The third kappa shape index (κ3) is 5.96. The first kappa shape index (κ1) is 24.4. The van der Waals surface area contributed by atoms with Gasteiger partial charge in [-0.3, -0.25) is 14.6 Å². The molecule has 0 fully saturated rings. The third-order valence-electron chi connectivity index (χ3n) is 5.84. The van der Waals surface area contributed by atoms with Crippen molar-refractivity contribution in [3.05, 3.63) is 59.6 Å². The zero-order valence-corrected chi connectivity index (χ0v) is 19.6. The first-order valence-electron chi connectivity index (χ1n) is 11.2. The van der Waals surface area contributed by atoms with E-state index in [1.165, 1.54) is 0 Å². The summed E-state index contributed by atoms with van der Waals surface area (Å²) in [7, 11) is 1.74. The van der Waals surface area contributed by atoms with E-state index in [0.717, 1.165) is 5.56 Å². The summed E-state index contributed by atoms with van der Waals surface area (Å²) < 4.78 is 6.23. The topological polar surface area (TPSA) is 95.9 Å². The molecule has 3 atom stereocenters. The Morgan fingerprint density at radius 1 is 1.39 bits per heavy atom. The molecule has 0 spiro atoms. The van der Waals surface area contributed by atoms with Crippen LogP contribution in [0.1, 0.15) is 42.4 Å². The van der Waals surface area contributed by atoms with Gasteiger partial charge in [0.25, 0.3) is 5.91 Å². The van der Waals surface area contributed by atoms with E-state index in [0.29, 0.717) is 24.3 Å². The van der Waals surface area contributed by atoms with Gasteiger partial charge < -0.3 is 19.6 Å². The van der Waals surface area contributed by atoms with Crippen LogP contribution in [-0.4, -0.2) is 75.6 Å². The number of rotatable bonds is 7. The lowest BCUT2D eigenvalue weighted by molar-refractivity contribution is -0.130. The van der Waals surface area contributed by atoms with Gasteiger partial charge in [0.2, 0.25) is 11.8 Å². The Kier molecular flexibility index (Phi) is 8.16. The van der Waals surface area contributed by atoms with Gasteiger partial charge in [0.15, 0.2) is 0 Å². The van der Waals surface area contributed by atoms with E-state index in [4.69, 9.17) is 4.74 Å². The fraction of sp³-hybridized carbons (Fsp3) is 0.440. The van der Waals surface area contributed by atoms with Crippen LogP contribution in [0.5, 0.6) is 5.88 Å². The van der Waals surface area contributed by atoms with Crippen molar-refractivity contribution in [1.29, 1.82) is 0 Å². The van der Waals surface area contributed by atoms with Crippen molar-refractivity contribution < 1.29 is 19.4 Å². The molecule has 8 nitrogen and oxygen atoms in total. The van der Waals surface area contributed by atoms with E-state index >= 15 is 0 Å². The lowest BCUT2D eigenvalue weighted by Gasteiger charge is -2.37. The minimum atomic E-state index is -0.386. The number of aliphatic hydroxyl groups excluding tert-OH is 1. The highest BCUT2D eigenvalue weighted by Crippen LogP contribution is 2.27. The molecule has 8 heteroatoms. The number of fused-ring (bicyclic) bond motifs is 1. The van der Waals surface area contributed by atoms with Crippen LogP contribution in [0.4, 0.5) is 0 Å². The molecule has 0 bridgehead atoms. The molecule has 0 radical (unpaired) electrons. The molecular weight excluding hydrogens is 420 g/mol. The Morgan fingerprint density at radius 3 is 2.85 bits per heavy atom. The number of aromatic nitrogens is 2. The minimum Gasteiger partial charge on any atom is -0.472 e. The van der Waals surface area contributed by atoms with E-state index in [-0.39, 0.29) is 48.8 Å². The number of aliphatic hydroxyl groups is 1. The Bertz CT molecular complexity index is 995. The maximum Gasteiger partial charge on any atom is 0.259 e. The molecule has 33 heavy (non-hydrogen) atoms. The first-order chi connectivity index (χ1) is 15.8. The van der Waals surface area contributed by atoms with E-state index in [2.05, 4.69) is 9.97 Å². The number of carbonyl (C=O) groups is 2. The number of amides is 2. The molecule has 2 aromatic heterocycles. The lowest BCUT2D eigenvalue weighted by atomic mass is 9.99. The highest BCUT2D eigenvalue weighted by Gasteiger charge is 2.34. The monoisotopic (exact) mass is 452 g/mol. The summed E-state index contributed by atoms with van der Waals surface area (Å²) in [5.41, 5.74) is 1.85. The third-order valence-corrected chi connectivity index (χ3v) is 5.84. The minimum absolute atomic E-state index is 0.0696. The summed E-state index contributed by atoms with van der Waals surface area (Å²) in [6.45, 7) is 6.26. The normalized spacial score (nSPS) is 19.4. The number of hydrogen-bond donors (Lipinski definition) is 1. The quantitative estimate of drug-likeness (QED) is 0.693. The van der Waals surface area contributed by atoms with Gasteiger partial charge in [0, 0.05) is 37.6 Å². The molecule has 0 saturated carbocycles.